The average molecular weight is 359 g/mol. The Labute approximate surface area is 131 Å². The first-order valence-electron chi connectivity index (χ1n) is 6.02. The number of hydrogen-bond donors (Lipinski definition) is 1. The third-order valence-electron chi connectivity index (χ3n) is 3.06. The van der Waals surface area contributed by atoms with Crippen LogP contribution in [-0.4, -0.2) is 14.2 Å². The molecule has 0 heterocycles. The summed E-state index contributed by atoms with van der Waals surface area (Å²) < 4.78 is 19.3. The Bertz CT molecular complexity index is 621. The molecule has 20 heavy (non-hydrogen) atoms. The van der Waals surface area contributed by atoms with Crippen molar-refractivity contribution in [3.63, 3.8) is 0 Å². The first-order valence-corrected chi connectivity index (χ1v) is 7.19. The Kier molecular flexibility index (Phi) is 5.02. The smallest absolute Gasteiger partial charge is 0.124 e. The molecule has 0 aromatic heterocycles. The van der Waals surface area contributed by atoms with Gasteiger partial charge >= 0.3 is 0 Å². The van der Waals surface area contributed by atoms with Crippen LogP contribution in [0.25, 0.3) is 0 Å². The highest BCUT2D eigenvalue weighted by Crippen LogP contribution is 2.35. The van der Waals surface area contributed by atoms with E-state index < -0.39 is 0 Å². The van der Waals surface area contributed by atoms with E-state index in [2.05, 4.69) is 21.2 Å². The van der Waals surface area contributed by atoms with E-state index in [0.717, 1.165) is 16.9 Å². The lowest BCUT2D eigenvalue weighted by Crippen LogP contribution is -2.19. The largest absolute Gasteiger partial charge is 0.496 e. The third-order valence-corrected chi connectivity index (χ3v) is 3.99. The number of benzene rings is 2. The molecule has 0 aliphatic carbocycles. The summed E-state index contributed by atoms with van der Waals surface area (Å²) in [6.45, 7) is 0. The Hall–Kier alpha value is -1.10. The molecule has 1 N–H and O–H groups in total. The van der Waals surface area contributed by atoms with Gasteiger partial charge in [-0.25, -0.2) is 4.39 Å². The molecule has 0 fully saturated rings. The quantitative estimate of drug-likeness (QED) is 0.865. The summed E-state index contributed by atoms with van der Waals surface area (Å²) in [5.41, 5.74) is 1.81. The van der Waals surface area contributed by atoms with Crippen molar-refractivity contribution in [1.29, 1.82) is 0 Å². The molecule has 2 rings (SSSR count). The minimum atomic E-state index is -0.284. The van der Waals surface area contributed by atoms with E-state index in [1.807, 2.05) is 19.2 Å². The van der Waals surface area contributed by atoms with Crippen LogP contribution in [0.15, 0.2) is 40.9 Å². The van der Waals surface area contributed by atoms with Crippen LogP contribution in [0.2, 0.25) is 5.02 Å². The van der Waals surface area contributed by atoms with Gasteiger partial charge in [-0.2, -0.15) is 0 Å². The topological polar surface area (TPSA) is 21.3 Å². The van der Waals surface area contributed by atoms with Gasteiger partial charge in [0.25, 0.3) is 0 Å². The van der Waals surface area contributed by atoms with Gasteiger partial charge in [0.2, 0.25) is 0 Å². The number of nitrogens with one attached hydrogen (secondary N) is 1. The van der Waals surface area contributed by atoms with E-state index in [0.29, 0.717) is 9.50 Å². The SMILES string of the molecule is CNC(c1ccc(F)cc1Br)c1cc(Cl)ccc1OC. The molecule has 0 saturated carbocycles. The summed E-state index contributed by atoms with van der Waals surface area (Å²) >= 11 is 9.47. The summed E-state index contributed by atoms with van der Waals surface area (Å²) in [5, 5.41) is 3.83. The van der Waals surface area contributed by atoms with Gasteiger partial charge in [0, 0.05) is 15.1 Å². The zero-order valence-corrected chi connectivity index (χ0v) is 13.4. The monoisotopic (exact) mass is 357 g/mol. The summed E-state index contributed by atoms with van der Waals surface area (Å²) in [7, 11) is 3.44. The second kappa shape index (κ2) is 6.57. The van der Waals surface area contributed by atoms with Crippen LogP contribution >= 0.6 is 27.5 Å². The first kappa shape index (κ1) is 15.3. The average Bonchev–Trinajstić information content (AvgIpc) is 2.42. The van der Waals surface area contributed by atoms with Crippen molar-refractivity contribution in [3.05, 3.63) is 62.8 Å². The minimum absolute atomic E-state index is 0.154. The number of hydrogen-bond acceptors (Lipinski definition) is 2. The number of halogens is 3. The van der Waals surface area contributed by atoms with Crippen molar-refractivity contribution in [2.75, 3.05) is 14.2 Å². The molecule has 1 atom stereocenters. The van der Waals surface area contributed by atoms with E-state index in [1.165, 1.54) is 12.1 Å². The Balaban J connectivity index is 2.54. The highest BCUT2D eigenvalue weighted by molar-refractivity contribution is 9.10. The van der Waals surface area contributed by atoms with Gasteiger partial charge < -0.3 is 10.1 Å². The van der Waals surface area contributed by atoms with Gasteiger partial charge in [0.05, 0.1) is 13.2 Å². The van der Waals surface area contributed by atoms with Crippen molar-refractivity contribution in [2.24, 2.45) is 0 Å². The molecule has 5 heteroatoms. The fourth-order valence-electron chi connectivity index (χ4n) is 2.14. The highest BCUT2D eigenvalue weighted by Gasteiger charge is 2.19. The molecule has 2 nitrogen and oxygen atoms in total. The van der Waals surface area contributed by atoms with Gasteiger partial charge in [0.15, 0.2) is 0 Å². The first-order chi connectivity index (χ1) is 9.56. The van der Waals surface area contributed by atoms with Crippen LogP contribution in [0.3, 0.4) is 0 Å². The Morgan fingerprint density at radius 1 is 1.20 bits per heavy atom. The summed E-state index contributed by atoms with van der Waals surface area (Å²) in [6.07, 6.45) is 0. The van der Waals surface area contributed by atoms with Crippen molar-refractivity contribution >= 4 is 27.5 Å². The zero-order chi connectivity index (χ0) is 14.7. The molecule has 0 spiro atoms. The second-order valence-electron chi connectivity index (χ2n) is 4.27. The summed E-state index contributed by atoms with van der Waals surface area (Å²) in [4.78, 5) is 0. The highest BCUT2D eigenvalue weighted by atomic mass is 79.9. The van der Waals surface area contributed by atoms with Gasteiger partial charge in [-0.3, -0.25) is 0 Å². The molecular weight excluding hydrogens is 345 g/mol. The van der Waals surface area contributed by atoms with E-state index in [9.17, 15) is 4.39 Å². The van der Waals surface area contributed by atoms with Crippen LogP contribution in [0, 0.1) is 5.82 Å². The molecule has 0 radical (unpaired) electrons. The van der Waals surface area contributed by atoms with Crippen LogP contribution in [0.1, 0.15) is 17.2 Å². The normalized spacial score (nSPS) is 12.2. The van der Waals surface area contributed by atoms with E-state index in [4.69, 9.17) is 16.3 Å². The Morgan fingerprint density at radius 3 is 2.55 bits per heavy atom. The maximum atomic E-state index is 13.2. The number of ether oxygens (including phenoxy) is 1. The molecule has 106 valence electrons. The maximum absolute atomic E-state index is 13.2. The van der Waals surface area contributed by atoms with Crippen molar-refractivity contribution in [3.8, 4) is 5.75 Å². The lowest BCUT2D eigenvalue weighted by Gasteiger charge is -2.21. The predicted molar refractivity (Wildman–Crippen MR) is 83.0 cm³/mol. The fraction of sp³-hybridized carbons (Fsp3) is 0.200. The minimum Gasteiger partial charge on any atom is -0.496 e. The molecule has 0 aliphatic heterocycles. The molecular formula is C15H14BrClFNO. The van der Waals surface area contributed by atoms with Crippen molar-refractivity contribution < 1.29 is 9.13 Å². The van der Waals surface area contributed by atoms with Crippen LogP contribution in [0.4, 0.5) is 4.39 Å². The van der Waals surface area contributed by atoms with Gasteiger partial charge in [-0.05, 0) is 42.9 Å². The van der Waals surface area contributed by atoms with Gasteiger partial charge in [-0.1, -0.05) is 33.6 Å². The standard InChI is InChI=1S/C15H14BrClFNO/c1-19-15(11-5-4-10(18)8-13(11)16)12-7-9(17)3-6-14(12)20-2/h3-8,15,19H,1-2H3. The van der Waals surface area contributed by atoms with E-state index in [-0.39, 0.29) is 11.9 Å². The fourth-order valence-corrected chi connectivity index (χ4v) is 2.91. The number of rotatable bonds is 4. The van der Waals surface area contributed by atoms with Crippen LogP contribution < -0.4 is 10.1 Å². The predicted octanol–water partition coefficient (Wildman–Crippen LogP) is 4.56. The lowest BCUT2D eigenvalue weighted by atomic mass is 9.98. The zero-order valence-electron chi connectivity index (χ0n) is 11.1. The second-order valence-corrected chi connectivity index (χ2v) is 5.56. The maximum Gasteiger partial charge on any atom is 0.124 e. The molecule has 2 aromatic rings. The van der Waals surface area contributed by atoms with Gasteiger partial charge in [0.1, 0.15) is 11.6 Å². The molecule has 0 saturated heterocycles. The van der Waals surface area contributed by atoms with Gasteiger partial charge in [-0.15, -0.1) is 0 Å². The number of methoxy groups -OCH3 is 1. The molecule has 0 amide bonds. The summed E-state index contributed by atoms with van der Waals surface area (Å²) in [6, 6.07) is 9.89. The molecule has 0 bridgehead atoms. The molecule has 0 aliphatic rings. The summed E-state index contributed by atoms with van der Waals surface area (Å²) in [5.74, 6) is 0.443. The van der Waals surface area contributed by atoms with Crippen LogP contribution in [-0.2, 0) is 0 Å². The van der Waals surface area contributed by atoms with E-state index >= 15 is 0 Å². The third kappa shape index (κ3) is 3.14. The van der Waals surface area contributed by atoms with Crippen molar-refractivity contribution in [2.45, 2.75) is 6.04 Å². The lowest BCUT2D eigenvalue weighted by molar-refractivity contribution is 0.405. The van der Waals surface area contributed by atoms with Crippen LogP contribution in [0.5, 0.6) is 5.75 Å². The van der Waals surface area contributed by atoms with Crippen molar-refractivity contribution in [1.82, 2.24) is 5.32 Å². The Morgan fingerprint density at radius 2 is 1.95 bits per heavy atom. The molecule has 1 unspecified atom stereocenters. The van der Waals surface area contributed by atoms with E-state index in [1.54, 1.807) is 19.2 Å². The molecule has 2 aromatic carbocycles.